The summed E-state index contributed by atoms with van der Waals surface area (Å²) < 4.78 is 0. The molecule has 0 aliphatic heterocycles. The molecule has 0 atom stereocenters. The molecule has 1 aromatic carbocycles. The Labute approximate surface area is 121 Å². The van der Waals surface area contributed by atoms with Crippen LogP contribution in [0.25, 0.3) is 0 Å². The van der Waals surface area contributed by atoms with Crippen molar-refractivity contribution in [2.24, 2.45) is 0 Å². The second kappa shape index (κ2) is 6.50. The van der Waals surface area contributed by atoms with Gasteiger partial charge in [-0.1, -0.05) is 0 Å². The summed E-state index contributed by atoms with van der Waals surface area (Å²) in [6.45, 7) is 0. The number of hydrogen-bond acceptors (Lipinski definition) is 6. The number of nitrogens with zero attached hydrogens (tertiary/aromatic N) is 3. The molecule has 2 rings (SSSR count). The maximum Gasteiger partial charge on any atom is 0.204 e. The fourth-order valence-electron chi connectivity index (χ4n) is 1.51. The number of anilines is 2. The first-order valence-corrected chi connectivity index (χ1v) is 6.18. The van der Waals surface area contributed by atoms with Crippen LogP contribution in [-0.4, -0.2) is 15.8 Å². The van der Waals surface area contributed by atoms with Gasteiger partial charge in [0, 0.05) is 23.6 Å². The number of nitriles is 1. The maximum atomic E-state index is 11.9. The van der Waals surface area contributed by atoms with Crippen molar-refractivity contribution < 1.29 is 4.79 Å². The van der Waals surface area contributed by atoms with E-state index < -0.39 is 0 Å². The van der Waals surface area contributed by atoms with Crippen molar-refractivity contribution in [1.82, 2.24) is 9.97 Å². The highest BCUT2D eigenvalue weighted by Gasteiger charge is 2.10. The van der Waals surface area contributed by atoms with E-state index in [1.165, 1.54) is 5.41 Å². The van der Waals surface area contributed by atoms with Gasteiger partial charge < -0.3 is 5.32 Å². The number of hydrogen-bond donors (Lipinski definition) is 2. The molecular formula is C14H10N4OS. The number of ketones is 1. The Kier molecular flexibility index (Phi) is 4.47. The zero-order valence-corrected chi connectivity index (χ0v) is 11.2. The van der Waals surface area contributed by atoms with Gasteiger partial charge in [-0.05, 0) is 29.7 Å². The molecular weight excluding hydrogens is 272 g/mol. The molecule has 98 valence electrons. The summed E-state index contributed by atoms with van der Waals surface area (Å²) in [5, 5.41) is 13.0. The van der Waals surface area contributed by atoms with E-state index in [-0.39, 0.29) is 11.4 Å². The second-order valence-corrected chi connectivity index (χ2v) is 4.03. The van der Waals surface area contributed by atoms with Crippen LogP contribution in [0, 0.1) is 11.3 Å². The van der Waals surface area contributed by atoms with Gasteiger partial charge in [-0.25, -0.2) is 4.98 Å². The van der Waals surface area contributed by atoms with Crippen molar-refractivity contribution in [2.45, 2.75) is 0 Å². The summed E-state index contributed by atoms with van der Waals surface area (Å²) in [6, 6.07) is 8.54. The topological polar surface area (TPSA) is 78.7 Å². The lowest BCUT2D eigenvalue weighted by atomic mass is 10.1. The van der Waals surface area contributed by atoms with Gasteiger partial charge in [0.2, 0.25) is 5.78 Å². The van der Waals surface area contributed by atoms with Crippen molar-refractivity contribution in [1.29, 1.82) is 5.26 Å². The largest absolute Gasteiger partial charge is 0.339 e. The third-order valence-electron chi connectivity index (χ3n) is 2.48. The highest BCUT2D eigenvalue weighted by molar-refractivity contribution is 7.83. The molecule has 0 fully saturated rings. The molecule has 0 saturated heterocycles. The van der Waals surface area contributed by atoms with Crippen molar-refractivity contribution in [2.75, 3.05) is 5.32 Å². The highest BCUT2D eigenvalue weighted by atomic mass is 32.1. The first-order chi connectivity index (χ1) is 9.74. The van der Waals surface area contributed by atoms with E-state index in [1.54, 1.807) is 48.9 Å². The highest BCUT2D eigenvalue weighted by Crippen LogP contribution is 2.16. The summed E-state index contributed by atoms with van der Waals surface area (Å²) in [7, 11) is 0. The van der Waals surface area contributed by atoms with E-state index in [9.17, 15) is 4.79 Å². The fourth-order valence-corrected chi connectivity index (χ4v) is 1.69. The van der Waals surface area contributed by atoms with E-state index in [2.05, 4.69) is 27.9 Å². The molecule has 0 amide bonds. The zero-order chi connectivity index (χ0) is 14.4. The van der Waals surface area contributed by atoms with Crippen molar-refractivity contribution in [3.8, 4) is 6.07 Å². The average molecular weight is 282 g/mol. The van der Waals surface area contributed by atoms with Crippen LogP contribution in [0.3, 0.4) is 0 Å². The molecule has 2 aromatic rings. The molecule has 0 radical (unpaired) electrons. The van der Waals surface area contributed by atoms with E-state index >= 15 is 0 Å². The third-order valence-corrected chi connectivity index (χ3v) is 2.74. The molecule has 5 nitrogen and oxygen atoms in total. The Morgan fingerprint density at radius 1 is 1.30 bits per heavy atom. The molecule has 20 heavy (non-hydrogen) atoms. The summed E-state index contributed by atoms with van der Waals surface area (Å²) in [5.74, 6) is 0.257. The van der Waals surface area contributed by atoms with Gasteiger partial charge in [-0.2, -0.15) is 5.26 Å². The number of rotatable bonds is 4. The molecule has 0 spiro atoms. The standard InChI is InChI=1S/C14H10N4OS/c15-7-11(9-20)14(19)10-1-3-12(4-2-10)18-13-8-16-5-6-17-13/h1-6,8-9,20H,(H,17,18). The van der Waals surface area contributed by atoms with Gasteiger partial charge in [0.15, 0.2) is 0 Å². The quantitative estimate of drug-likeness (QED) is 0.390. The summed E-state index contributed by atoms with van der Waals surface area (Å²) in [5.41, 5.74) is 1.20. The van der Waals surface area contributed by atoms with Crippen molar-refractivity contribution >= 4 is 29.9 Å². The van der Waals surface area contributed by atoms with Crippen LogP contribution in [0.4, 0.5) is 11.5 Å². The van der Waals surface area contributed by atoms with Gasteiger partial charge in [-0.3, -0.25) is 9.78 Å². The molecule has 1 heterocycles. The zero-order valence-electron chi connectivity index (χ0n) is 10.3. The first kappa shape index (κ1) is 13.8. The fraction of sp³-hybridized carbons (Fsp3) is 0. The van der Waals surface area contributed by atoms with Crippen molar-refractivity contribution in [3.63, 3.8) is 0 Å². The number of aromatic nitrogens is 2. The molecule has 0 aliphatic carbocycles. The third kappa shape index (κ3) is 3.22. The minimum absolute atomic E-state index is 0.00275. The van der Waals surface area contributed by atoms with E-state index in [0.29, 0.717) is 11.4 Å². The van der Waals surface area contributed by atoms with Crippen LogP contribution >= 0.6 is 12.6 Å². The maximum absolute atomic E-state index is 11.9. The molecule has 0 unspecified atom stereocenters. The molecule has 0 bridgehead atoms. The van der Waals surface area contributed by atoms with Crippen LogP contribution in [0.1, 0.15) is 10.4 Å². The van der Waals surface area contributed by atoms with Gasteiger partial charge in [0.05, 0.1) is 6.20 Å². The smallest absolute Gasteiger partial charge is 0.204 e. The summed E-state index contributed by atoms with van der Waals surface area (Å²) in [4.78, 5) is 19.9. The Morgan fingerprint density at radius 3 is 2.60 bits per heavy atom. The number of carbonyl (C=O) groups is 1. The lowest BCUT2D eigenvalue weighted by molar-refractivity contribution is 0.103. The van der Waals surface area contributed by atoms with Crippen LogP contribution < -0.4 is 5.32 Å². The molecule has 0 aliphatic rings. The Balaban J connectivity index is 2.15. The summed E-state index contributed by atoms with van der Waals surface area (Å²) in [6.07, 6.45) is 4.76. The number of nitrogens with one attached hydrogen (secondary N) is 1. The van der Waals surface area contributed by atoms with Gasteiger partial charge in [-0.15, -0.1) is 12.6 Å². The van der Waals surface area contributed by atoms with Crippen LogP contribution in [-0.2, 0) is 0 Å². The van der Waals surface area contributed by atoms with Gasteiger partial charge in [0.1, 0.15) is 17.5 Å². The first-order valence-electron chi connectivity index (χ1n) is 5.67. The van der Waals surface area contributed by atoms with Crippen LogP contribution in [0.2, 0.25) is 0 Å². The van der Waals surface area contributed by atoms with Crippen LogP contribution in [0.15, 0.2) is 53.8 Å². The predicted molar refractivity (Wildman–Crippen MR) is 78.8 cm³/mol. The predicted octanol–water partition coefficient (Wildman–Crippen LogP) is 2.74. The number of Topliss-reactive ketones (excluding diaryl/α,β-unsaturated/α-hetero) is 1. The monoisotopic (exact) mass is 282 g/mol. The minimum atomic E-state index is -0.353. The molecule has 1 aromatic heterocycles. The summed E-state index contributed by atoms with van der Waals surface area (Å²) >= 11 is 3.84. The van der Waals surface area contributed by atoms with Crippen LogP contribution in [0.5, 0.6) is 0 Å². The Bertz CT molecular complexity index is 675. The van der Waals surface area contributed by atoms with Crippen molar-refractivity contribution in [3.05, 3.63) is 59.4 Å². The molecule has 1 N–H and O–H groups in total. The minimum Gasteiger partial charge on any atom is -0.339 e. The van der Waals surface area contributed by atoms with Gasteiger partial charge >= 0.3 is 0 Å². The van der Waals surface area contributed by atoms with E-state index in [0.717, 1.165) is 5.69 Å². The number of carbonyl (C=O) groups excluding carboxylic acids is 1. The van der Waals surface area contributed by atoms with E-state index in [1.807, 2.05) is 0 Å². The van der Waals surface area contributed by atoms with Gasteiger partial charge in [0.25, 0.3) is 0 Å². The van der Waals surface area contributed by atoms with E-state index in [4.69, 9.17) is 5.26 Å². The number of benzene rings is 1. The number of thiol groups is 1. The normalized spacial score (nSPS) is 10.7. The Hall–Kier alpha value is -2.65. The SMILES string of the molecule is N#CC(=CS)C(=O)c1ccc(Nc2cnccn2)cc1. The average Bonchev–Trinajstić information content (AvgIpc) is 2.50. The second-order valence-electron chi connectivity index (χ2n) is 3.78. The Morgan fingerprint density at radius 2 is 2.05 bits per heavy atom. The molecule has 0 saturated carbocycles. The lowest BCUT2D eigenvalue weighted by Crippen LogP contribution is -2.01. The lowest BCUT2D eigenvalue weighted by Gasteiger charge is -2.05. The molecule has 6 heteroatoms. The number of allylic oxidation sites excluding steroid dienone is 1.